The Hall–Kier alpha value is -2.86. The first-order valence-electron chi connectivity index (χ1n) is 14.4. The van der Waals surface area contributed by atoms with Gasteiger partial charge >= 0.3 is 0 Å². The molecule has 3 aromatic rings. The summed E-state index contributed by atoms with van der Waals surface area (Å²) >= 11 is 0. The van der Waals surface area contributed by atoms with Crippen molar-refractivity contribution in [2.45, 2.75) is 83.0 Å². The molecule has 4 unspecified atom stereocenters. The molecule has 0 spiro atoms. The second-order valence-electron chi connectivity index (χ2n) is 11.5. The van der Waals surface area contributed by atoms with Gasteiger partial charge in [-0.05, 0) is 108 Å². The molecular weight excluding hydrogens is 432 g/mol. The molecule has 0 N–H and O–H groups in total. The molecule has 3 aromatic carbocycles. The fraction of sp³-hybridized carbons (Fsp3) is 0.389. The highest BCUT2D eigenvalue weighted by atomic mass is 14.4. The molecule has 0 amide bonds. The van der Waals surface area contributed by atoms with Crippen LogP contribution >= 0.6 is 0 Å². The topological polar surface area (TPSA) is 0 Å². The van der Waals surface area contributed by atoms with Crippen LogP contribution in [-0.2, 0) is 0 Å². The van der Waals surface area contributed by atoms with Crippen molar-refractivity contribution in [3.63, 3.8) is 0 Å². The van der Waals surface area contributed by atoms with Crippen LogP contribution in [0, 0.1) is 5.92 Å². The van der Waals surface area contributed by atoms with Gasteiger partial charge in [-0.1, -0.05) is 104 Å². The predicted molar refractivity (Wildman–Crippen MR) is 153 cm³/mol. The largest absolute Gasteiger partial charge is 0.0648 e. The number of allylic oxidation sites excluding steroid dienone is 4. The predicted octanol–water partition coefficient (Wildman–Crippen LogP) is 10.2. The van der Waals surface area contributed by atoms with E-state index in [9.17, 15) is 0 Å². The molecule has 0 saturated heterocycles. The second-order valence-corrected chi connectivity index (χ2v) is 11.5. The molecule has 0 aromatic heterocycles. The standard InChI is InChI=1S/C36H40/c1-3-32-33(20-18-25(2)26-12-6-4-7-13-26)36(27-14-8-5-9-15-27)34-21-19-30(24-35(32)34)31-22-28-16-10-11-17-29(28)23-31/h4-9,12-15,19,21-22,24-25,32-33,36H,3,10-11,16-18,20,23H2,1-2H3. The molecule has 6 rings (SSSR count). The molecule has 0 radical (unpaired) electrons. The van der Waals surface area contributed by atoms with E-state index in [1.54, 1.807) is 27.8 Å². The van der Waals surface area contributed by atoms with E-state index in [0.29, 0.717) is 23.7 Å². The van der Waals surface area contributed by atoms with E-state index in [0.717, 1.165) is 0 Å². The van der Waals surface area contributed by atoms with Crippen LogP contribution < -0.4 is 0 Å². The van der Waals surface area contributed by atoms with Gasteiger partial charge in [0.25, 0.3) is 0 Å². The van der Waals surface area contributed by atoms with E-state index in [1.807, 2.05) is 0 Å². The molecule has 3 aliphatic rings. The average molecular weight is 473 g/mol. The molecule has 0 heteroatoms. The van der Waals surface area contributed by atoms with E-state index in [2.05, 4.69) is 98.8 Å². The Kier molecular flexibility index (Phi) is 6.70. The lowest BCUT2D eigenvalue weighted by atomic mass is 9.77. The fourth-order valence-electron chi connectivity index (χ4n) is 7.48. The minimum absolute atomic E-state index is 0.507. The maximum absolute atomic E-state index is 2.60. The minimum atomic E-state index is 0.507. The fourth-order valence-corrected chi connectivity index (χ4v) is 7.48. The summed E-state index contributed by atoms with van der Waals surface area (Å²) in [5.41, 5.74) is 12.6. The van der Waals surface area contributed by atoms with Gasteiger partial charge in [0, 0.05) is 5.92 Å². The lowest BCUT2D eigenvalue weighted by molar-refractivity contribution is 0.363. The van der Waals surface area contributed by atoms with Gasteiger partial charge in [0.15, 0.2) is 0 Å². The smallest absolute Gasteiger partial charge is 0.0126 e. The van der Waals surface area contributed by atoms with Gasteiger partial charge in [-0.25, -0.2) is 0 Å². The molecule has 0 saturated carbocycles. The zero-order valence-electron chi connectivity index (χ0n) is 22.0. The van der Waals surface area contributed by atoms with Crippen LogP contribution in [0.4, 0.5) is 0 Å². The summed E-state index contributed by atoms with van der Waals surface area (Å²) in [5, 5.41) is 0. The number of hydrogen-bond donors (Lipinski definition) is 0. The van der Waals surface area contributed by atoms with E-state index in [-0.39, 0.29) is 0 Å². The summed E-state index contributed by atoms with van der Waals surface area (Å²) in [7, 11) is 0. The third-order valence-electron chi connectivity index (χ3n) is 9.42. The molecule has 4 atom stereocenters. The van der Waals surface area contributed by atoms with Gasteiger partial charge in [0.1, 0.15) is 0 Å². The Bertz CT molecular complexity index is 1260. The van der Waals surface area contributed by atoms with Crippen molar-refractivity contribution >= 4 is 5.57 Å². The van der Waals surface area contributed by atoms with Crippen molar-refractivity contribution in [1.82, 2.24) is 0 Å². The van der Waals surface area contributed by atoms with Crippen molar-refractivity contribution in [1.29, 1.82) is 0 Å². The van der Waals surface area contributed by atoms with E-state index in [4.69, 9.17) is 0 Å². The Morgan fingerprint density at radius 3 is 2.33 bits per heavy atom. The summed E-state index contributed by atoms with van der Waals surface area (Å²) < 4.78 is 0. The summed E-state index contributed by atoms with van der Waals surface area (Å²) in [4.78, 5) is 0. The van der Waals surface area contributed by atoms with Crippen LogP contribution in [-0.4, -0.2) is 0 Å². The van der Waals surface area contributed by atoms with Crippen molar-refractivity contribution in [3.8, 4) is 0 Å². The van der Waals surface area contributed by atoms with Gasteiger partial charge in [0.2, 0.25) is 0 Å². The first-order valence-corrected chi connectivity index (χ1v) is 14.4. The number of benzene rings is 3. The molecule has 0 fully saturated rings. The van der Waals surface area contributed by atoms with Crippen LogP contribution in [0.1, 0.15) is 111 Å². The number of rotatable bonds is 7. The van der Waals surface area contributed by atoms with Crippen LogP contribution in [0.2, 0.25) is 0 Å². The average Bonchev–Trinajstić information content (AvgIpc) is 3.51. The van der Waals surface area contributed by atoms with E-state index < -0.39 is 0 Å². The Morgan fingerprint density at radius 1 is 0.833 bits per heavy atom. The van der Waals surface area contributed by atoms with Crippen LogP contribution in [0.5, 0.6) is 0 Å². The maximum Gasteiger partial charge on any atom is 0.0126 e. The Morgan fingerprint density at radius 2 is 1.58 bits per heavy atom. The quantitative estimate of drug-likeness (QED) is 0.321. The van der Waals surface area contributed by atoms with Crippen LogP contribution in [0.3, 0.4) is 0 Å². The van der Waals surface area contributed by atoms with Gasteiger partial charge < -0.3 is 0 Å². The minimum Gasteiger partial charge on any atom is -0.0648 e. The summed E-state index contributed by atoms with van der Waals surface area (Å²) in [5.74, 6) is 2.41. The molecule has 0 bridgehead atoms. The summed E-state index contributed by atoms with van der Waals surface area (Å²) in [6, 6.07) is 30.0. The Balaban J connectivity index is 1.32. The monoisotopic (exact) mass is 472 g/mol. The van der Waals surface area contributed by atoms with Crippen molar-refractivity contribution in [2.75, 3.05) is 0 Å². The molecule has 0 heterocycles. The first-order chi connectivity index (χ1) is 17.7. The normalized spacial score (nSPS) is 23.8. The van der Waals surface area contributed by atoms with E-state index >= 15 is 0 Å². The third-order valence-corrected chi connectivity index (χ3v) is 9.42. The zero-order chi connectivity index (χ0) is 24.5. The maximum atomic E-state index is 2.60. The first kappa shape index (κ1) is 23.5. The highest BCUT2D eigenvalue weighted by Gasteiger charge is 2.40. The van der Waals surface area contributed by atoms with Gasteiger partial charge in [-0.15, -0.1) is 0 Å². The summed E-state index contributed by atoms with van der Waals surface area (Å²) in [6.45, 7) is 4.83. The molecule has 0 nitrogen and oxygen atoms in total. The van der Waals surface area contributed by atoms with Crippen LogP contribution in [0.15, 0.2) is 96.1 Å². The molecule has 3 aliphatic carbocycles. The van der Waals surface area contributed by atoms with Gasteiger partial charge in [0.05, 0.1) is 0 Å². The summed E-state index contributed by atoms with van der Waals surface area (Å²) in [6.07, 6.45) is 12.8. The lowest BCUT2D eigenvalue weighted by Crippen LogP contribution is -2.14. The highest BCUT2D eigenvalue weighted by Crippen LogP contribution is 2.54. The number of fused-ring (bicyclic) bond motifs is 1. The van der Waals surface area contributed by atoms with Gasteiger partial charge in [-0.2, -0.15) is 0 Å². The van der Waals surface area contributed by atoms with Gasteiger partial charge in [-0.3, -0.25) is 0 Å². The third kappa shape index (κ3) is 4.40. The zero-order valence-corrected chi connectivity index (χ0v) is 22.0. The van der Waals surface area contributed by atoms with Crippen LogP contribution in [0.25, 0.3) is 5.57 Å². The molecule has 36 heavy (non-hydrogen) atoms. The SMILES string of the molecule is CCC1c2cc(C3=CC4=C(CCCC4)C3)ccc2C(c2ccccc2)C1CCC(C)c1ccccc1. The Labute approximate surface area is 218 Å². The highest BCUT2D eigenvalue weighted by molar-refractivity contribution is 5.75. The van der Waals surface area contributed by atoms with Crippen molar-refractivity contribution in [2.24, 2.45) is 5.92 Å². The second kappa shape index (κ2) is 10.3. The lowest BCUT2D eigenvalue weighted by Gasteiger charge is -2.27. The molecule has 0 aliphatic heterocycles. The van der Waals surface area contributed by atoms with Crippen molar-refractivity contribution < 1.29 is 0 Å². The molecule has 184 valence electrons. The molecular formula is C36H40. The van der Waals surface area contributed by atoms with Crippen molar-refractivity contribution in [3.05, 3.63) is 124 Å². The van der Waals surface area contributed by atoms with E-state index in [1.165, 1.54) is 68.1 Å². The number of hydrogen-bond acceptors (Lipinski definition) is 0.